The molecule has 0 saturated carbocycles. The number of aryl methyl sites for hydroxylation is 4. The Labute approximate surface area is 326 Å². The van der Waals surface area contributed by atoms with Crippen molar-refractivity contribution in [3.8, 4) is 22.3 Å². The summed E-state index contributed by atoms with van der Waals surface area (Å²) in [5.74, 6) is -0.718. The van der Waals surface area contributed by atoms with Gasteiger partial charge in [-0.1, -0.05) is 54.6 Å². The van der Waals surface area contributed by atoms with Gasteiger partial charge in [0.2, 0.25) is 0 Å². The van der Waals surface area contributed by atoms with Crippen molar-refractivity contribution >= 4 is 39.8 Å². The number of nitrogens with one attached hydrogen (secondary N) is 1. The minimum atomic E-state index is -0.992. The Balaban J connectivity index is 0.000000195. The van der Waals surface area contributed by atoms with Gasteiger partial charge in [0, 0.05) is 74.8 Å². The average molecular weight is 745 g/mol. The highest BCUT2D eigenvalue weighted by molar-refractivity contribution is 6.13. The lowest BCUT2D eigenvalue weighted by atomic mass is 9.93. The summed E-state index contributed by atoms with van der Waals surface area (Å²) in [7, 11) is 2.16. The van der Waals surface area contributed by atoms with Crippen LogP contribution in [-0.4, -0.2) is 84.9 Å². The van der Waals surface area contributed by atoms with Crippen LogP contribution in [0.2, 0.25) is 0 Å². The number of carbonyl (C=O) groups is 2. The molecule has 0 unspecified atom stereocenters. The van der Waals surface area contributed by atoms with E-state index in [1.165, 1.54) is 6.20 Å². The quantitative estimate of drug-likeness (QED) is 0.166. The van der Waals surface area contributed by atoms with E-state index in [1.807, 2.05) is 74.6 Å². The van der Waals surface area contributed by atoms with Gasteiger partial charge in [-0.25, -0.2) is 9.78 Å². The van der Waals surface area contributed by atoms with Gasteiger partial charge in [0.05, 0.1) is 22.2 Å². The van der Waals surface area contributed by atoms with Crippen molar-refractivity contribution < 1.29 is 14.7 Å². The number of fused-ring (bicyclic) bond motifs is 2. The topological polar surface area (TPSA) is 137 Å². The fourth-order valence-corrected chi connectivity index (χ4v) is 7.39. The molecule has 1 aliphatic heterocycles. The number of pyridine rings is 1. The molecule has 0 radical (unpaired) electrons. The second kappa shape index (κ2) is 16.5. The predicted molar refractivity (Wildman–Crippen MR) is 221 cm³/mol. The van der Waals surface area contributed by atoms with Crippen molar-refractivity contribution in [1.82, 2.24) is 34.7 Å². The van der Waals surface area contributed by atoms with Crippen molar-refractivity contribution in [2.24, 2.45) is 0 Å². The van der Waals surface area contributed by atoms with E-state index in [0.717, 1.165) is 82.8 Å². The van der Waals surface area contributed by atoms with E-state index in [9.17, 15) is 14.7 Å². The molecule has 1 amide bonds. The van der Waals surface area contributed by atoms with E-state index < -0.39 is 5.97 Å². The number of carboxylic acid groups (broad SMARTS) is 1. The van der Waals surface area contributed by atoms with Crippen LogP contribution >= 0.6 is 0 Å². The van der Waals surface area contributed by atoms with Crippen molar-refractivity contribution in [3.05, 3.63) is 143 Å². The number of carboxylic acids is 1. The van der Waals surface area contributed by atoms with Gasteiger partial charge in [-0.15, -0.1) is 0 Å². The number of rotatable bonds is 7. The van der Waals surface area contributed by atoms with E-state index in [-0.39, 0.29) is 11.5 Å². The molecule has 11 heteroatoms. The van der Waals surface area contributed by atoms with E-state index in [1.54, 1.807) is 24.7 Å². The highest BCUT2D eigenvalue weighted by Crippen LogP contribution is 2.34. The van der Waals surface area contributed by atoms with E-state index >= 15 is 0 Å². The van der Waals surface area contributed by atoms with Crippen LogP contribution in [0.3, 0.4) is 0 Å². The average Bonchev–Trinajstić information content (AvgIpc) is 3.19. The molecule has 1 fully saturated rings. The summed E-state index contributed by atoms with van der Waals surface area (Å²) in [5.41, 5.74) is 12.8. The van der Waals surface area contributed by atoms with E-state index in [2.05, 4.69) is 73.1 Å². The zero-order valence-corrected chi connectivity index (χ0v) is 32.2. The number of carbonyl (C=O) groups excluding carboxylic acids is 1. The second-order valence-corrected chi connectivity index (χ2v) is 14.3. The standard InChI is InChI=1S/C28H30N6O.C17H14N2O2/c1-19-5-4-6-20(2)25(19)22-8-9-23(27-26(22)29-11-12-30-27)28(35)32-24-10-7-21(17-31-24)18-34-15-13-33(3)14-16-34;1-10-4-3-5-11(2)14(10)12-6-7-13(17(20)21)16-15(12)18-8-9-19-16/h4-12,17H,13-16,18H2,1-3H3,(H,31,32,35);3-9H,1-2H3,(H,20,21). The molecule has 0 aliphatic carbocycles. The van der Waals surface area contributed by atoms with Crippen molar-refractivity contribution in [3.63, 3.8) is 0 Å². The molecule has 56 heavy (non-hydrogen) atoms. The summed E-state index contributed by atoms with van der Waals surface area (Å²) in [5, 5.41) is 12.2. The molecule has 11 nitrogen and oxygen atoms in total. The maximum atomic E-state index is 13.2. The van der Waals surface area contributed by atoms with E-state index in [0.29, 0.717) is 33.4 Å². The van der Waals surface area contributed by atoms with Gasteiger partial charge >= 0.3 is 5.97 Å². The molecule has 7 aromatic rings. The van der Waals surface area contributed by atoms with Crippen LogP contribution in [0.25, 0.3) is 44.3 Å². The molecule has 1 saturated heterocycles. The SMILES string of the molecule is Cc1cccc(C)c1-c1ccc(C(=O)Nc2ccc(CN3CCN(C)CC3)cn2)c2nccnc12.Cc1cccc(C)c1-c1ccc(C(=O)O)c2nccnc12. The van der Waals surface area contributed by atoms with Gasteiger partial charge in [-0.3, -0.25) is 29.6 Å². The molecule has 0 bridgehead atoms. The zero-order valence-electron chi connectivity index (χ0n) is 32.2. The van der Waals surface area contributed by atoms with E-state index in [4.69, 9.17) is 0 Å². The molecule has 4 heterocycles. The number of likely N-dealkylation sites (N-methyl/N-ethyl adjacent to an activating group) is 1. The fraction of sp³-hybridized carbons (Fsp3) is 0.222. The molecule has 1 aliphatic rings. The Morgan fingerprint density at radius 2 is 1.09 bits per heavy atom. The lowest BCUT2D eigenvalue weighted by Gasteiger charge is -2.32. The normalized spacial score (nSPS) is 13.3. The maximum absolute atomic E-state index is 13.2. The summed E-state index contributed by atoms with van der Waals surface area (Å²) >= 11 is 0. The van der Waals surface area contributed by atoms with Crippen molar-refractivity contribution in [2.75, 3.05) is 38.5 Å². The third-order valence-electron chi connectivity index (χ3n) is 10.3. The Morgan fingerprint density at radius 1 is 0.607 bits per heavy atom. The minimum absolute atomic E-state index is 0.174. The van der Waals surface area contributed by atoms with Crippen LogP contribution in [0.5, 0.6) is 0 Å². The summed E-state index contributed by atoms with van der Waals surface area (Å²) < 4.78 is 0. The van der Waals surface area contributed by atoms with Gasteiger partial charge in [0.15, 0.2) is 0 Å². The third-order valence-corrected chi connectivity index (χ3v) is 10.3. The number of hydrogen-bond acceptors (Lipinski definition) is 9. The number of aromatic nitrogens is 5. The molecule has 4 aromatic carbocycles. The van der Waals surface area contributed by atoms with Crippen LogP contribution in [0.4, 0.5) is 5.82 Å². The Bertz CT molecular complexity index is 2520. The Morgan fingerprint density at radius 3 is 1.57 bits per heavy atom. The number of anilines is 1. The molecule has 0 atom stereocenters. The molecule has 2 N–H and O–H groups in total. The first-order valence-electron chi connectivity index (χ1n) is 18.6. The van der Waals surface area contributed by atoms with Crippen molar-refractivity contribution in [1.29, 1.82) is 0 Å². The van der Waals surface area contributed by atoms with Gasteiger partial charge in [0.1, 0.15) is 16.9 Å². The summed E-state index contributed by atoms with van der Waals surface area (Å²) in [6, 6.07) is 23.4. The van der Waals surface area contributed by atoms with Gasteiger partial charge < -0.3 is 15.3 Å². The first-order valence-corrected chi connectivity index (χ1v) is 18.6. The smallest absolute Gasteiger partial charge is 0.337 e. The van der Waals surface area contributed by atoms with Gasteiger partial charge in [-0.2, -0.15) is 0 Å². The summed E-state index contributed by atoms with van der Waals surface area (Å²) in [6.07, 6.45) is 8.24. The number of nitrogens with zero attached hydrogens (tertiary/aromatic N) is 7. The predicted octanol–water partition coefficient (Wildman–Crippen LogP) is 7.92. The lowest BCUT2D eigenvalue weighted by molar-refractivity contribution is 0.0698. The van der Waals surface area contributed by atoms with Crippen LogP contribution in [-0.2, 0) is 6.54 Å². The Kier molecular flexibility index (Phi) is 11.2. The Hall–Kier alpha value is -6.43. The highest BCUT2D eigenvalue weighted by atomic mass is 16.4. The molecular formula is C45H44N8O3. The number of benzene rings is 4. The summed E-state index contributed by atoms with van der Waals surface area (Å²) in [6.45, 7) is 13.4. The lowest BCUT2D eigenvalue weighted by Crippen LogP contribution is -2.43. The maximum Gasteiger partial charge on any atom is 0.337 e. The largest absolute Gasteiger partial charge is 0.478 e. The number of hydrogen-bond donors (Lipinski definition) is 2. The van der Waals surface area contributed by atoms with Crippen LogP contribution < -0.4 is 5.32 Å². The van der Waals surface area contributed by atoms with Crippen LogP contribution in [0, 0.1) is 27.7 Å². The third kappa shape index (κ3) is 8.00. The number of piperazine rings is 1. The van der Waals surface area contributed by atoms with Crippen molar-refractivity contribution in [2.45, 2.75) is 34.2 Å². The monoisotopic (exact) mass is 744 g/mol. The molecular weight excluding hydrogens is 701 g/mol. The molecule has 3 aromatic heterocycles. The molecule has 8 rings (SSSR count). The number of amides is 1. The highest BCUT2D eigenvalue weighted by Gasteiger charge is 2.19. The fourth-order valence-electron chi connectivity index (χ4n) is 7.39. The second-order valence-electron chi connectivity index (χ2n) is 14.3. The van der Waals surface area contributed by atoms with Gasteiger partial charge in [0.25, 0.3) is 5.91 Å². The number of aromatic carboxylic acids is 1. The first-order chi connectivity index (χ1) is 27.1. The summed E-state index contributed by atoms with van der Waals surface area (Å²) in [4.78, 5) is 51.5. The van der Waals surface area contributed by atoms with Crippen LogP contribution in [0.1, 0.15) is 48.5 Å². The minimum Gasteiger partial charge on any atom is -0.478 e. The molecule has 282 valence electrons. The first kappa shape index (κ1) is 37.9. The molecule has 0 spiro atoms. The zero-order chi connectivity index (χ0) is 39.3. The van der Waals surface area contributed by atoms with Crippen LogP contribution in [0.15, 0.2) is 104 Å². The van der Waals surface area contributed by atoms with Gasteiger partial charge in [-0.05, 0) is 91.9 Å².